The Morgan fingerprint density at radius 2 is 1.46 bits per heavy atom. The van der Waals surface area contributed by atoms with Crippen molar-refractivity contribution < 1.29 is 18.7 Å². The van der Waals surface area contributed by atoms with Crippen molar-refractivity contribution in [2.75, 3.05) is 63.9 Å². The van der Waals surface area contributed by atoms with Crippen LogP contribution in [-0.4, -0.2) is 85.8 Å². The van der Waals surface area contributed by atoms with Crippen LogP contribution >= 0.6 is 0 Å². The lowest BCUT2D eigenvalue weighted by Crippen LogP contribution is -2.57. The maximum atomic E-state index is 13.9. The fourth-order valence-electron chi connectivity index (χ4n) is 3.34. The van der Waals surface area contributed by atoms with E-state index < -0.39 is 0 Å². The van der Waals surface area contributed by atoms with Gasteiger partial charge in [-0.2, -0.15) is 0 Å². The molecular weight excluding hydrogens is 339 g/mol. The second-order valence-corrected chi connectivity index (χ2v) is 6.38. The van der Waals surface area contributed by atoms with Gasteiger partial charge in [0.05, 0.1) is 12.3 Å². The minimum Gasteiger partial charge on any atom is -0.450 e. The molecule has 3 rings (SSSR count). The summed E-state index contributed by atoms with van der Waals surface area (Å²) >= 11 is 0. The van der Waals surface area contributed by atoms with Crippen LogP contribution < -0.4 is 4.90 Å². The van der Waals surface area contributed by atoms with E-state index in [9.17, 15) is 14.0 Å². The van der Waals surface area contributed by atoms with E-state index in [2.05, 4.69) is 0 Å². The average Bonchev–Trinajstić information content (AvgIpc) is 2.68. The molecule has 2 aliphatic rings. The molecule has 0 aromatic heterocycles. The topological polar surface area (TPSA) is 56.3 Å². The van der Waals surface area contributed by atoms with E-state index in [4.69, 9.17) is 4.74 Å². The first-order valence-corrected chi connectivity index (χ1v) is 9.05. The van der Waals surface area contributed by atoms with Crippen LogP contribution in [0.15, 0.2) is 24.3 Å². The molecule has 0 N–H and O–H groups in total. The van der Waals surface area contributed by atoms with Gasteiger partial charge in [0.15, 0.2) is 0 Å². The van der Waals surface area contributed by atoms with Crippen LogP contribution in [0.5, 0.6) is 0 Å². The molecule has 0 unspecified atom stereocenters. The normalized spacial score (nSPS) is 18.1. The first-order valence-electron chi connectivity index (χ1n) is 9.05. The van der Waals surface area contributed by atoms with E-state index >= 15 is 0 Å². The molecule has 0 spiro atoms. The molecule has 26 heavy (non-hydrogen) atoms. The summed E-state index contributed by atoms with van der Waals surface area (Å²) in [7, 11) is 0. The van der Waals surface area contributed by atoms with Crippen molar-refractivity contribution in [1.82, 2.24) is 14.7 Å². The molecule has 2 aliphatic heterocycles. The molecule has 0 aliphatic carbocycles. The van der Waals surface area contributed by atoms with Crippen molar-refractivity contribution in [2.45, 2.75) is 6.92 Å². The summed E-state index contributed by atoms with van der Waals surface area (Å²) in [6.45, 7) is 6.44. The molecule has 8 heteroatoms. The Morgan fingerprint density at radius 1 is 0.923 bits per heavy atom. The highest BCUT2D eigenvalue weighted by Gasteiger charge is 2.29. The fraction of sp³-hybridized carbons (Fsp3) is 0.556. The van der Waals surface area contributed by atoms with E-state index in [0.29, 0.717) is 64.7 Å². The first kappa shape index (κ1) is 18.3. The largest absolute Gasteiger partial charge is 0.450 e. The average molecular weight is 364 g/mol. The molecule has 0 bridgehead atoms. The second kappa shape index (κ2) is 8.25. The standard InChI is InChI=1S/C18H25FN4O3/c1-2-26-18(25)23-13-11-22(12-14-23)17(24)21-9-7-20(8-10-21)16-6-4-3-5-15(16)19/h3-6H,2,7-14H2,1H3. The van der Waals surface area contributed by atoms with E-state index in [1.807, 2.05) is 11.0 Å². The summed E-state index contributed by atoms with van der Waals surface area (Å²) in [5.41, 5.74) is 0.586. The summed E-state index contributed by atoms with van der Waals surface area (Å²) in [6, 6.07) is 6.70. The highest BCUT2D eigenvalue weighted by Crippen LogP contribution is 2.20. The fourth-order valence-corrected chi connectivity index (χ4v) is 3.34. The number of hydrogen-bond donors (Lipinski definition) is 0. The Hall–Kier alpha value is -2.51. The highest BCUT2D eigenvalue weighted by atomic mass is 19.1. The second-order valence-electron chi connectivity index (χ2n) is 6.38. The lowest BCUT2D eigenvalue weighted by atomic mass is 10.2. The Morgan fingerprint density at radius 3 is 2.04 bits per heavy atom. The Labute approximate surface area is 152 Å². The summed E-state index contributed by atoms with van der Waals surface area (Å²) < 4.78 is 18.9. The van der Waals surface area contributed by atoms with Crippen LogP contribution in [-0.2, 0) is 4.74 Å². The van der Waals surface area contributed by atoms with Crippen LogP contribution in [0.4, 0.5) is 19.7 Å². The number of anilines is 1. The molecule has 1 aromatic carbocycles. The maximum absolute atomic E-state index is 13.9. The Kier molecular flexibility index (Phi) is 5.80. The Bertz CT molecular complexity index is 641. The predicted octanol–water partition coefficient (Wildman–Crippen LogP) is 1.84. The van der Waals surface area contributed by atoms with Crippen LogP contribution in [0.1, 0.15) is 6.92 Å². The molecule has 2 saturated heterocycles. The number of benzene rings is 1. The SMILES string of the molecule is CCOC(=O)N1CCN(C(=O)N2CCN(c3ccccc3F)CC2)CC1. The summed E-state index contributed by atoms with van der Waals surface area (Å²) in [4.78, 5) is 31.6. The summed E-state index contributed by atoms with van der Waals surface area (Å²) in [5, 5.41) is 0. The third-order valence-electron chi connectivity index (χ3n) is 4.82. The zero-order valence-electron chi connectivity index (χ0n) is 15.1. The van der Waals surface area contributed by atoms with Crippen LogP contribution in [0.3, 0.4) is 0 Å². The summed E-state index contributed by atoms with van der Waals surface area (Å²) in [6.07, 6.45) is -0.321. The van der Waals surface area contributed by atoms with Crippen molar-refractivity contribution in [3.63, 3.8) is 0 Å². The minimum absolute atomic E-state index is 0.0123. The number of rotatable bonds is 2. The van der Waals surface area contributed by atoms with Gasteiger partial charge in [-0.3, -0.25) is 0 Å². The van der Waals surface area contributed by atoms with Gasteiger partial charge >= 0.3 is 12.1 Å². The van der Waals surface area contributed by atoms with Gasteiger partial charge in [-0.05, 0) is 19.1 Å². The third kappa shape index (κ3) is 4.00. The maximum Gasteiger partial charge on any atom is 0.409 e. The predicted molar refractivity (Wildman–Crippen MR) is 95.8 cm³/mol. The van der Waals surface area contributed by atoms with Gasteiger partial charge in [0.1, 0.15) is 5.82 Å². The molecule has 7 nitrogen and oxygen atoms in total. The molecule has 0 radical (unpaired) electrons. The zero-order chi connectivity index (χ0) is 18.5. The molecule has 0 atom stereocenters. The number of ether oxygens (including phenoxy) is 1. The molecule has 1 aromatic rings. The molecule has 3 amide bonds. The van der Waals surface area contributed by atoms with E-state index in [1.165, 1.54) is 6.07 Å². The molecule has 2 heterocycles. The molecule has 142 valence electrons. The van der Waals surface area contributed by atoms with E-state index in [1.54, 1.807) is 33.8 Å². The smallest absolute Gasteiger partial charge is 0.409 e. The zero-order valence-corrected chi connectivity index (χ0v) is 15.1. The van der Waals surface area contributed by atoms with Crippen molar-refractivity contribution in [2.24, 2.45) is 0 Å². The van der Waals surface area contributed by atoms with Crippen LogP contribution in [0, 0.1) is 5.82 Å². The van der Waals surface area contributed by atoms with Crippen molar-refractivity contribution >= 4 is 17.8 Å². The first-order chi connectivity index (χ1) is 12.6. The van der Waals surface area contributed by atoms with Crippen LogP contribution in [0.25, 0.3) is 0 Å². The number of amides is 3. The summed E-state index contributed by atoms with van der Waals surface area (Å²) in [5.74, 6) is -0.234. The number of urea groups is 1. The van der Waals surface area contributed by atoms with Gasteiger partial charge in [-0.25, -0.2) is 14.0 Å². The molecule has 0 saturated carbocycles. The van der Waals surface area contributed by atoms with Gasteiger partial charge in [0, 0.05) is 52.4 Å². The van der Waals surface area contributed by atoms with Gasteiger partial charge in [0.25, 0.3) is 0 Å². The Balaban J connectivity index is 1.49. The van der Waals surface area contributed by atoms with Gasteiger partial charge in [-0.15, -0.1) is 0 Å². The number of carbonyl (C=O) groups excluding carboxylic acids is 2. The van der Waals surface area contributed by atoms with Crippen LogP contribution in [0.2, 0.25) is 0 Å². The monoisotopic (exact) mass is 364 g/mol. The van der Waals surface area contributed by atoms with Crippen molar-refractivity contribution in [3.05, 3.63) is 30.1 Å². The number of halogens is 1. The lowest BCUT2D eigenvalue weighted by molar-refractivity contribution is 0.0781. The van der Waals surface area contributed by atoms with E-state index in [0.717, 1.165) is 0 Å². The minimum atomic E-state index is -0.321. The number of carbonyl (C=O) groups is 2. The molecule has 2 fully saturated rings. The highest BCUT2D eigenvalue weighted by molar-refractivity contribution is 5.75. The number of nitrogens with zero attached hydrogens (tertiary/aromatic N) is 4. The van der Waals surface area contributed by atoms with Crippen molar-refractivity contribution in [1.29, 1.82) is 0 Å². The molecular formula is C18H25FN4O3. The quantitative estimate of drug-likeness (QED) is 0.804. The number of piperazine rings is 2. The number of hydrogen-bond acceptors (Lipinski definition) is 4. The lowest BCUT2D eigenvalue weighted by Gasteiger charge is -2.40. The van der Waals surface area contributed by atoms with Crippen molar-refractivity contribution in [3.8, 4) is 0 Å². The van der Waals surface area contributed by atoms with Gasteiger partial charge in [-0.1, -0.05) is 12.1 Å². The van der Waals surface area contributed by atoms with Gasteiger partial charge in [0.2, 0.25) is 0 Å². The number of para-hydroxylation sites is 1. The van der Waals surface area contributed by atoms with Gasteiger partial charge < -0.3 is 24.3 Å². The third-order valence-corrected chi connectivity index (χ3v) is 4.82. The van der Waals surface area contributed by atoms with E-state index in [-0.39, 0.29) is 17.9 Å².